The van der Waals surface area contributed by atoms with Crippen LogP contribution in [0.25, 0.3) is 5.69 Å². The van der Waals surface area contributed by atoms with E-state index < -0.39 is 34.5 Å². The maximum absolute atomic E-state index is 14.2. The van der Waals surface area contributed by atoms with E-state index in [1.165, 1.54) is 35.2 Å². The summed E-state index contributed by atoms with van der Waals surface area (Å²) >= 11 is 0. The van der Waals surface area contributed by atoms with Crippen LogP contribution in [-0.2, 0) is 6.54 Å². The molecule has 0 atom stereocenters. The fourth-order valence-electron chi connectivity index (χ4n) is 3.41. The minimum absolute atomic E-state index is 0.119. The lowest BCUT2D eigenvalue weighted by Gasteiger charge is -2.16. The van der Waals surface area contributed by atoms with Crippen molar-refractivity contribution < 1.29 is 13.6 Å². The number of amides is 1. The highest BCUT2D eigenvalue weighted by atomic mass is 19.1. The lowest BCUT2D eigenvalue weighted by atomic mass is 10.2. The molecule has 1 fully saturated rings. The van der Waals surface area contributed by atoms with Gasteiger partial charge in [0.2, 0.25) is 5.69 Å². The summed E-state index contributed by atoms with van der Waals surface area (Å²) < 4.78 is 29.1. The normalized spacial score (nSPS) is 13.6. The zero-order valence-corrected chi connectivity index (χ0v) is 15.9. The lowest BCUT2D eigenvalue weighted by Crippen LogP contribution is -2.46. The molecule has 3 aromatic rings. The predicted molar refractivity (Wildman–Crippen MR) is 105 cm³/mol. The lowest BCUT2D eigenvalue weighted by molar-refractivity contribution is 0.0781. The van der Waals surface area contributed by atoms with E-state index in [-0.39, 0.29) is 17.8 Å². The standard InChI is InChI=1S/C21H18F2N4O3/c22-15-7-9-16(10-8-15)27-21(30)26(13-14-5-1-2-6-17(14)23)20(29)18(24-27)19(28)25-11-3-4-12-25/h1-2,5-10H,3-4,11-13H2. The van der Waals surface area contributed by atoms with Crippen LogP contribution in [0.4, 0.5) is 8.78 Å². The molecule has 2 aromatic carbocycles. The van der Waals surface area contributed by atoms with Gasteiger partial charge in [-0.3, -0.25) is 14.2 Å². The van der Waals surface area contributed by atoms with Crippen LogP contribution in [0.1, 0.15) is 28.9 Å². The van der Waals surface area contributed by atoms with Crippen LogP contribution in [0.5, 0.6) is 0 Å². The Bertz CT molecular complexity index is 1210. The van der Waals surface area contributed by atoms with Crippen LogP contribution in [0.15, 0.2) is 58.1 Å². The van der Waals surface area contributed by atoms with Gasteiger partial charge in [-0.1, -0.05) is 18.2 Å². The van der Waals surface area contributed by atoms with Gasteiger partial charge in [0.25, 0.3) is 11.5 Å². The summed E-state index contributed by atoms with van der Waals surface area (Å²) in [6.07, 6.45) is 1.62. The van der Waals surface area contributed by atoms with Gasteiger partial charge in [-0.05, 0) is 43.2 Å². The van der Waals surface area contributed by atoms with Crippen molar-refractivity contribution in [3.63, 3.8) is 0 Å². The van der Waals surface area contributed by atoms with Gasteiger partial charge in [-0.15, -0.1) is 0 Å². The zero-order chi connectivity index (χ0) is 21.3. The summed E-state index contributed by atoms with van der Waals surface area (Å²) in [6, 6.07) is 10.6. The first-order valence-corrected chi connectivity index (χ1v) is 9.48. The van der Waals surface area contributed by atoms with Crippen LogP contribution < -0.4 is 11.2 Å². The molecular weight excluding hydrogens is 394 g/mol. The third-order valence-corrected chi connectivity index (χ3v) is 5.01. The molecule has 1 saturated heterocycles. The van der Waals surface area contributed by atoms with Crippen molar-refractivity contribution in [3.05, 3.63) is 92.3 Å². The Labute approximate surface area is 169 Å². The molecule has 30 heavy (non-hydrogen) atoms. The van der Waals surface area contributed by atoms with E-state index in [1.807, 2.05) is 0 Å². The monoisotopic (exact) mass is 412 g/mol. The van der Waals surface area contributed by atoms with E-state index in [9.17, 15) is 23.2 Å². The molecule has 1 aliphatic rings. The number of halogens is 2. The number of carbonyl (C=O) groups is 1. The smallest absolute Gasteiger partial charge is 0.337 e. The van der Waals surface area contributed by atoms with E-state index >= 15 is 0 Å². The summed E-state index contributed by atoms with van der Waals surface area (Å²) in [5, 5.41) is 4.00. The van der Waals surface area contributed by atoms with Crippen LogP contribution >= 0.6 is 0 Å². The molecule has 2 heterocycles. The fourth-order valence-corrected chi connectivity index (χ4v) is 3.41. The van der Waals surface area contributed by atoms with Gasteiger partial charge in [-0.25, -0.2) is 13.6 Å². The quantitative estimate of drug-likeness (QED) is 0.657. The molecule has 154 valence electrons. The first-order chi connectivity index (χ1) is 14.5. The zero-order valence-electron chi connectivity index (χ0n) is 15.9. The van der Waals surface area contributed by atoms with E-state index in [0.29, 0.717) is 13.1 Å². The molecule has 0 bridgehead atoms. The molecule has 1 amide bonds. The van der Waals surface area contributed by atoms with Crippen molar-refractivity contribution >= 4 is 5.91 Å². The van der Waals surface area contributed by atoms with E-state index in [2.05, 4.69) is 5.10 Å². The summed E-state index contributed by atoms with van der Waals surface area (Å²) in [4.78, 5) is 40.4. The minimum Gasteiger partial charge on any atom is -0.337 e. The highest BCUT2D eigenvalue weighted by molar-refractivity contribution is 5.92. The number of likely N-dealkylation sites (tertiary alicyclic amines) is 1. The second kappa shape index (κ2) is 8.02. The topological polar surface area (TPSA) is 77.2 Å². The van der Waals surface area contributed by atoms with Gasteiger partial charge in [0.05, 0.1) is 12.2 Å². The Morgan fingerprint density at radius 3 is 2.30 bits per heavy atom. The van der Waals surface area contributed by atoms with Crippen molar-refractivity contribution in [2.24, 2.45) is 0 Å². The number of hydrogen-bond acceptors (Lipinski definition) is 4. The fraction of sp³-hybridized carbons (Fsp3) is 0.238. The van der Waals surface area contributed by atoms with Gasteiger partial charge < -0.3 is 4.90 Å². The summed E-state index contributed by atoms with van der Waals surface area (Å²) in [6.45, 7) is 0.611. The van der Waals surface area contributed by atoms with Gasteiger partial charge in [0.1, 0.15) is 11.6 Å². The van der Waals surface area contributed by atoms with Gasteiger partial charge in [0, 0.05) is 18.7 Å². The average Bonchev–Trinajstić information content (AvgIpc) is 3.28. The van der Waals surface area contributed by atoms with Crippen LogP contribution in [-0.4, -0.2) is 38.2 Å². The van der Waals surface area contributed by atoms with Crippen molar-refractivity contribution in [1.82, 2.24) is 19.2 Å². The molecule has 1 aromatic heterocycles. The molecule has 0 spiro atoms. The van der Waals surface area contributed by atoms with Gasteiger partial charge in [-0.2, -0.15) is 9.78 Å². The molecule has 0 N–H and O–H groups in total. The third kappa shape index (κ3) is 3.66. The Hall–Kier alpha value is -3.62. The molecule has 9 heteroatoms. The number of aromatic nitrogens is 3. The van der Waals surface area contributed by atoms with Gasteiger partial charge in [0.15, 0.2) is 0 Å². The second-order valence-corrected chi connectivity index (χ2v) is 7.00. The second-order valence-electron chi connectivity index (χ2n) is 7.00. The van der Waals surface area contributed by atoms with E-state index in [4.69, 9.17) is 0 Å². The Morgan fingerprint density at radius 2 is 1.63 bits per heavy atom. The SMILES string of the molecule is O=C(c1nn(-c2ccc(F)cc2)c(=O)n(Cc2ccccc2F)c1=O)N1CCCC1. The maximum atomic E-state index is 14.2. The first-order valence-electron chi connectivity index (χ1n) is 9.48. The summed E-state index contributed by atoms with van der Waals surface area (Å²) in [5.74, 6) is -1.68. The molecule has 0 aliphatic carbocycles. The molecular formula is C21H18F2N4O3. The Balaban J connectivity index is 1.90. The number of rotatable bonds is 4. The summed E-state index contributed by atoms with van der Waals surface area (Å²) in [7, 11) is 0. The minimum atomic E-state index is -0.890. The number of carbonyl (C=O) groups excluding carboxylic acids is 1. The third-order valence-electron chi connectivity index (χ3n) is 5.01. The molecule has 4 rings (SSSR count). The molecule has 7 nitrogen and oxygen atoms in total. The molecule has 0 saturated carbocycles. The summed E-state index contributed by atoms with van der Waals surface area (Å²) in [5.41, 5.74) is -1.88. The molecule has 0 radical (unpaired) electrons. The van der Waals surface area contributed by atoms with Crippen molar-refractivity contribution in [2.45, 2.75) is 19.4 Å². The largest absolute Gasteiger partial charge is 0.352 e. The predicted octanol–water partition coefficient (Wildman–Crippen LogP) is 1.96. The van der Waals surface area contributed by atoms with Gasteiger partial charge >= 0.3 is 5.69 Å². The number of hydrogen-bond donors (Lipinski definition) is 0. The average molecular weight is 412 g/mol. The molecule has 1 aliphatic heterocycles. The highest BCUT2D eigenvalue weighted by Gasteiger charge is 2.27. The van der Waals surface area contributed by atoms with Crippen LogP contribution in [0, 0.1) is 11.6 Å². The van der Waals surface area contributed by atoms with Crippen molar-refractivity contribution in [3.8, 4) is 5.69 Å². The van der Waals surface area contributed by atoms with Crippen molar-refractivity contribution in [1.29, 1.82) is 0 Å². The van der Waals surface area contributed by atoms with Crippen LogP contribution in [0.3, 0.4) is 0 Å². The number of benzene rings is 2. The van der Waals surface area contributed by atoms with Crippen molar-refractivity contribution in [2.75, 3.05) is 13.1 Å². The highest BCUT2D eigenvalue weighted by Crippen LogP contribution is 2.12. The Morgan fingerprint density at radius 1 is 0.967 bits per heavy atom. The van der Waals surface area contributed by atoms with Crippen LogP contribution in [0.2, 0.25) is 0 Å². The van der Waals surface area contributed by atoms with E-state index in [1.54, 1.807) is 6.07 Å². The van der Waals surface area contributed by atoms with E-state index in [0.717, 1.165) is 34.2 Å². The first kappa shape index (κ1) is 19.7. The maximum Gasteiger partial charge on any atom is 0.352 e. The molecule has 0 unspecified atom stereocenters. The Kier molecular flexibility index (Phi) is 5.26. The number of nitrogens with zero attached hydrogens (tertiary/aromatic N) is 4.